The molecular weight excluding hydrogens is 234 g/mol. The van der Waals surface area contributed by atoms with Gasteiger partial charge in [0.15, 0.2) is 5.82 Å². The van der Waals surface area contributed by atoms with Crippen LogP contribution in [-0.4, -0.2) is 26.7 Å². The molecule has 0 aliphatic rings. The van der Waals surface area contributed by atoms with Crippen LogP contribution in [0.2, 0.25) is 0 Å². The van der Waals surface area contributed by atoms with Crippen LogP contribution in [0.5, 0.6) is 5.88 Å². The summed E-state index contributed by atoms with van der Waals surface area (Å²) in [6, 6.07) is 1.80. The van der Waals surface area contributed by atoms with E-state index in [2.05, 4.69) is 29.9 Å². The van der Waals surface area contributed by atoms with Crippen molar-refractivity contribution in [1.82, 2.24) is 20.1 Å². The molecule has 18 heavy (non-hydrogen) atoms. The number of hydrogen-bond acceptors (Lipinski definition) is 7. The molecule has 0 atom stereocenters. The molecule has 0 saturated carbocycles. The van der Waals surface area contributed by atoms with Gasteiger partial charge in [0.2, 0.25) is 18.2 Å². The number of ether oxygens (including phenoxy) is 1. The average Bonchev–Trinajstić information content (AvgIpc) is 2.86. The Labute approximate surface area is 105 Å². The maximum Gasteiger partial charge on any atom is 0.226 e. The minimum atomic E-state index is 0.410. The van der Waals surface area contributed by atoms with E-state index in [0.717, 1.165) is 12.1 Å². The summed E-state index contributed by atoms with van der Waals surface area (Å²) < 4.78 is 10.1. The Bertz CT molecular complexity index is 486. The fourth-order valence-corrected chi connectivity index (χ4v) is 1.33. The van der Waals surface area contributed by atoms with Gasteiger partial charge in [0.05, 0.1) is 13.2 Å². The highest BCUT2D eigenvalue weighted by Crippen LogP contribution is 2.12. The average molecular weight is 249 g/mol. The number of anilines is 1. The standard InChI is InChI=1S/C11H15N5O2/c1-3-4-17-10-5-8(2)14-11(15-10)12-6-9-13-7-18-16-9/h5,7H,3-4,6H2,1-2H3,(H,12,14,15). The van der Waals surface area contributed by atoms with Gasteiger partial charge in [-0.15, -0.1) is 0 Å². The summed E-state index contributed by atoms with van der Waals surface area (Å²) in [5.41, 5.74) is 0.840. The van der Waals surface area contributed by atoms with Crippen molar-refractivity contribution < 1.29 is 9.26 Å². The molecule has 2 heterocycles. The monoisotopic (exact) mass is 249 g/mol. The second-order valence-electron chi connectivity index (χ2n) is 3.72. The number of rotatable bonds is 6. The van der Waals surface area contributed by atoms with E-state index in [-0.39, 0.29) is 0 Å². The first kappa shape index (κ1) is 12.3. The lowest BCUT2D eigenvalue weighted by Gasteiger charge is -2.07. The summed E-state index contributed by atoms with van der Waals surface area (Å²) in [5, 5.41) is 6.71. The largest absolute Gasteiger partial charge is 0.478 e. The lowest BCUT2D eigenvalue weighted by atomic mass is 10.4. The molecule has 2 aromatic rings. The Hall–Kier alpha value is -2.18. The molecule has 1 N–H and O–H groups in total. The number of hydrogen-bond donors (Lipinski definition) is 1. The van der Waals surface area contributed by atoms with Crippen molar-refractivity contribution in [2.45, 2.75) is 26.8 Å². The third kappa shape index (κ3) is 3.41. The van der Waals surface area contributed by atoms with Crippen LogP contribution in [0, 0.1) is 6.92 Å². The third-order valence-corrected chi connectivity index (χ3v) is 2.10. The minimum absolute atomic E-state index is 0.410. The summed E-state index contributed by atoms with van der Waals surface area (Å²) in [5.74, 6) is 1.61. The molecule has 0 spiro atoms. The molecule has 0 aliphatic heterocycles. The lowest BCUT2D eigenvalue weighted by Crippen LogP contribution is -2.07. The number of nitrogens with one attached hydrogen (secondary N) is 1. The van der Waals surface area contributed by atoms with E-state index in [1.807, 2.05) is 13.8 Å². The van der Waals surface area contributed by atoms with Crippen LogP contribution in [0.4, 0.5) is 5.95 Å². The van der Waals surface area contributed by atoms with Crippen molar-refractivity contribution in [3.63, 3.8) is 0 Å². The third-order valence-electron chi connectivity index (χ3n) is 2.10. The zero-order valence-corrected chi connectivity index (χ0v) is 10.4. The molecule has 7 heteroatoms. The predicted octanol–water partition coefficient (Wildman–Crippen LogP) is 1.57. The van der Waals surface area contributed by atoms with Gasteiger partial charge in [0, 0.05) is 11.8 Å². The van der Waals surface area contributed by atoms with Crippen LogP contribution in [0.1, 0.15) is 24.9 Å². The zero-order valence-electron chi connectivity index (χ0n) is 10.4. The Morgan fingerprint density at radius 2 is 2.28 bits per heavy atom. The molecule has 0 amide bonds. The van der Waals surface area contributed by atoms with Gasteiger partial charge in [-0.1, -0.05) is 12.1 Å². The fourth-order valence-electron chi connectivity index (χ4n) is 1.33. The first-order valence-corrected chi connectivity index (χ1v) is 5.75. The van der Waals surface area contributed by atoms with Crippen molar-refractivity contribution in [1.29, 1.82) is 0 Å². The number of aromatic nitrogens is 4. The summed E-state index contributed by atoms with van der Waals surface area (Å²) in [7, 11) is 0. The van der Waals surface area contributed by atoms with E-state index in [0.29, 0.717) is 30.8 Å². The maximum atomic E-state index is 5.47. The summed E-state index contributed by atoms with van der Waals surface area (Å²) >= 11 is 0. The molecule has 0 bridgehead atoms. The van der Waals surface area contributed by atoms with Gasteiger partial charge in [-0.3, -0.25) is 0 Å². The van der Waals surface area contributed by atoms with Crippen LogP contribution in [-0.2, 0) is 6.54 Å². The predicted molar refractivity (Wildman–Crippen MR) is 64.2 cm³/mol. The van der Waals surface area contributed by atoms with Gasteiger partial charge in [0.25, 0.3) is 0 Å². The second-order valence-corrected chi connectivity index (χ2v) is 3.72. The molecule has 0 fully saturated rings. The van der Waals surface area contributed by atoms with Crippen molar-refractivity contribution >= 4 is 5.95 Å². The second kappa shape index (κ2) is 5.95. The molecule has 0 unspecified atom stereocenters. The summed E-state index contributed by atoms with van der Waals surface area (Å²) in [6.45, 7) is 4.98. The van der Waals surface area contributed by atoms with Gasteiger partial charge in [-0.25, -0.2) is 4.98 Å². The molecule has 2 aromatic heterocycles. The Morgan fingerprint density at radius 1 is 1.39 bits per heavy atom. The van der Waals surface area contributed by atoms with Gasteiger partial charge < -0.3 is 14.6 Å². The van der Waals surface area contributed by atoms with Gasteiger partial charge >= 0.3 is 0 Å². The molecule has 0 radical (unpaired) electrons. The van der Waals surface area contributed by atoms with Gasteiger partial charge in [0.1, 0.15) is 0 Å². The van der Waals surface area contributed by atoms with Crippen LogP contribution in [0.25, 0.3) is 0 Å². The van der Waals surface area contributed by atoms with Gasteiger partial charge in [-0.2, -0.15) is 9.97 Å². The molecule has 7 nitrogen and oxygen atoms in total. The van der Waals surface area contributed by atoms with E-state index in [4.69, 9.17) is 4.74 Å². The summed E-state index contributed by atoms with van der Waals surface area (Å²) in [6.07, 6.45) is 2.22. The smallest absolute Gasteiger partial charge is 0.226 e. The highest BCUT2D eigenvalue weighted by molar-refractivity contribution is 5.30. The topological polar surface area (TPSA) is 86.0 Å². The van der Waals surface area contributed by atoms with E-state index in [9.17, 15) is 0 Å². The van der Waals surface area contributed by atoms with Crippen LogP contribution < -0.4 is 10.1 Å². The maximum absolute atomic E-state index is 5.47. The highest BCUT2D eigenvalue weighted by Gasteiger charge is 2.04. The first-order chi connectivity index (χ1) is 8.78. The van der Waals surface area contributed by atoms with Crippen LogP contribution >= 0.6 is 0 Å². The SMILES string of the molecule is CCCOc1cc(C)nc(NCc2ncon2)n1. The Balaban J connectivity index is 2.00. The van der Waals surface area contributed by atoms with Crippen molar-refractivity contribution in [2.75, 3.05) is 11.9 Å². The Kier molecular flexibility index (Phi) is 4.06. The first-order valence-electron chi connectivity index (χ1n) is 5.75. The molecular formula is C11H15N5O2. The highest BCUT2D eigenvalue weighted by atomic mass is 16.5. The normalized spacial score (nSPS) is 10.3. The van der Waals surface area contributed by atoms with Crippen molar-refractivity contribution in [2.24, 2.45) is 0 Å². The van der Waals surface area contributed by atoms with Crippen molar-refractivity contribution in [3.05, 3.63) is 24.0 Å². The minimum Gasteiger partial charge on any atom is -0.478 e. The Morgan fingerprint density at radius 3 is 3.00 bits per heavy atom. The van der Waals surface area contributed by atoms with Crippen LogP contribution in [0.3, 0.4) is 0 Å². The number of aryl methyl sites for hydroxylation is 1. The van der Waals surface area contributed by atoms with E-state index in [1.165, 1.54) is 6.39 Å². The fraction of sp³-hybridized carbons (Fsp3) is 0.455. The number of nitrogens with zero attached hydrogens (tertiary/aromatic N) is 4. The molecule has 0 aliphatic carbocycles. The zero-order chi connectivity index (χ0) is 12.8. The van der Waals surface area contributed by atoms with Crippen LogP contribution in [0.15, 0.2) is 17.0 Å². The quantitative estimate of drug-likeness (QED) is 0.831. The molecule has 0 saturated heterocycles. The van der Waals surface area contributed by atoms with Gasteiger partial charge in [-0.05, 0) is 13.3 Å². The van der Waals surface area contributed by atoms with E-state index in [1.54, 1.807) is 6.07 Å². The van der Waals surface area contributed by atoms with E-state index >= 15 is 0 Å². The van der Waals surface area contributed by atoms with E-state index < -0.39 is 0 Å². The van der Waals surface area contributed by atoms with Crippen molar-refractivity contribution in [3.8, 4) is 5.88 Å². The molecule has 0 aromatic carbocycles. The molecule has 96 valence electrons. The summed E-state index contributed by atoms with van der Waals surface area (Å²) in [4.78, 5) is 12.4. The molecule has 2 rings (SSSR count). The lowest BCUT2D eigenvalue weighted by molar-refractivity contribution is 0.305.